The van der Waals surface area contributed by atoms with E-state index in [9.17, 15) is 0 Å². The van der Waals surface area contributed by atoms with Crippen LogP contribution in [0.25, 0.3) is 0 Å². The maximum atomic E-state index is 2.20. The van der Waals surface area contributed by atoms with Crippen LogP contribution in [-0.4, -0.2) is 0 Å². The standard InChI is InChI=1S/C9H12.C7H8.C4H8.CH4/c1-8(2)9-6-4-3-5-7-9;1-7-5-3-2-4-6-7;1-3-4-2;/h3-8H,1-2H3;2-6H,1H3;3-4H,1-2H3;1H4. The second-order valence-electron chi connectivity index (χ2n) is 4.89. The first-order chi connectivity index (χ1) is 9.61. The van der Waals surface area contributed by atoms with Crippen molar-refractivity contribution in [2.45, 2.75) is 48.0 Å². The minimum atomic E-state index is 0. The molecule has 0 N–H and O–H groups in total. The van der Waals surface area contributed by atoms with Crippen LogP contribution in [-0.2, 0) is 0 Å². The Morgan fingerprint density at radius 1 is 0.714 bits per heavy atom. The minimum absolute atomic E-state index is 0. The van der Waals surface area contributed by atoms with Crippen molar-refractivity contribution in [2.75, 3.05) is 0 Å². The van der Waals surface area contributed by atoms with Crippen LogP contribution in [0.4, 0.5) is 0 Å². The normalized spacial score (nSPS) is 9.05. The van der Waals surface area contributed by atoms with Crippen molar-refractivity contribution < 1.29 is 0 Å². The van der Waals surface area contributed by atoms with Gasteiger partial charge in [0.25, 0.3) is 0 Å². The Kier molecular flexibility index (Phi) is 14.9. The van der Waals surface area contributed by atoms with Crippen molar-refractivity contribution in [3.63, 3.8) is 0 Å². The summed E-state index contributed by atoms with van der Waals surface area (Å²) in [5.41, 5.74) is 2.74. The van der Waals surface area contributed by atoms with E-state index in [1.165, 1.54) is 11.1 Å². The van der Waals surface area contributed by atoms with Gasteiger partial charge in [-0.15, -0.1) is 0 Å². The first-order valence-corrected chi connectivity index (χ1v) is 7.25. The topological polar surface area (TPSA) is 0 Å². The largest absolute Gasteiger partial charge is 0.0919 e. The SMILES string of the molecule is C.CC(C)c1ccccc1.CC=CC.Cc1ccccc1. The Morgan fingerprint density at radius 3 is 1.29 bits per heavy atom. The zero-order valence-electron chi connectivity index (χ0n) is 13.5. The van der Waals surface area contributed by atoms with Gasteiger partial charge < -0.3 is 0 Å². The fourth-order valence-corrected chi connectivity index (χ4v) is 1.37. The summed E-state index contributed by atoms with van der Waals surface area (Å²) in [4.78, 5) is 0. The fourth-order valence-electron chi connectivity index (χ4n) is 1.37. The predicted octanol–water partition coefficient (Wildman–Crippen LogP) is 7.02. The molecule has 0 aromatic heterocycles. The van der Waals surface area contributed by atoms with Crippen LogP contribution in [0.3, 0.4) is 0 Å². The van der Waals surface area contributed by atoms with E-state index in [1.54, 1.807) is 0 Å². The summed E-state index contributed by atoms with van der Waals surface area (Å²) in [5, 5.41) is 0. The van der Waals surface area contributed by atoms with Crippen molar-refractivity contribution in [3.8, 4) is 0 Å². The quantitative estimate of drug-likeness (QED) is 0.493. The van der Waals surface area contributed by atoms with Crippen LogP contribution >= 0.6 is 0 Å². The predicted molar refractivity (Wildman–Crippen MR) is 98.9 cm³/mol. The number of benzene rings is 2. The van der Waals surface area contributed by atoms with E-state index >= 15 is 0 Å². The van der Waals surface area contributed by atoms with Gasteiger partial charge in [0.2, 0.25) is 0 Å². The molecule has 0 aliphatic carbocycles. The summed E-state index contributed by atoms with van der Waals surface area (Å²) in [5.74, 6) is 0.659. The van der Waals surface area contributed by atoms with Crippen molar-refractivity contribution in [1.82, 2.24) is 0 Å². The lowest BCUT2D eigenvalue weighted by atomic mass is 10.0. The van der Waals surface area contributed by atoms with Gasteiger partial charge >= 0.3 is 0 Å². The summed E-state index contributed by atoms with van der Waals surface area (Å²) in [6.07, 6.45) is 4.00. The number of rotatable bonds is 1. The molecule has 0 unspecified atom stereocenters. The Bertz CT molecular complexity index is 434. The Hall–Kier alpha value is -1.82. The maximum absolute atomic E-state index is 2.20. The van der Waals surface area contributed by atoms with E-state index in [0.29, 0.717) is 5.92 Å². The molecule has 21 heavy (non-hydrogen) atoms. The van der Waals surface area contributed by atoms with E-state index < -0.39 is 0 Å². The average Bonchev–Trinajstić information content (AvgIpc) is 2.50. The summed E-state index contributed by atoms with van der Waals surface area (Å²) in [6.45, 7) is 10.5. The van der Waals surface area contributed by atoms with Crippen molar-refractivity contribution >= 4 is 0 Å². The molecule has 0 bridgehead atoms. The van der Waals surface area contributed by atoms with E-state index in [2.05, 4.69) is 57.2 Å². The van der Waals surface area contributed by atoms with Crippen LogP contribution in [0.1, 0.15) is 52.2 Å². The van der Waals surface area contributed by atoms with Gasteiger partial charge in [0.15, 0.2) is 0 Å². The molecule has 0 nitrogen and oxygen atoms in total. The average molecular weight is 284 g/mol. The molecule has 0 saturated heterocycles. The van der Waals surface area contributed by atoms with Crippen LogP contribution in [0.2, 0.25) is 0 Å². The maximum Gasteiger partial charge on any atom is -0.0219 e. The van der Waals surface area contributed by atoms with Crippen LogP contribution in [0, 0.1) is 6.92 Å². The molecule has 2 rings (SSSR count). The Morgan fingerprint density at radius 2 is 1.10 bits per heavy atom. The number of hydrogen-bond acceptors (Lipinski definition) is 0. The summed E-state index contributed by atoms with van der Waals surface area (Å²) in [6, 6.07) is 20.8. The van der Waals surface area contributed by atoms with Gasteiger partial charge in [-0.05, 0) is 32.3 Å². The third-order valence-electron chi connectivity index (χ3n) is 2.74. The third-order valence-corrected chi connectivity index (χ3v) is 2.74. The van der Waals surface area contributed by atoms with E-state index in [4.69, 9.17) is 0 Å². The second kappa shape index (κ2) is 14.6. The molecular weight excluding hydrogens is 252 g/mol. The van der Waals surface area contributed by atoms with Gasteiger partial charge in [-0.25, -0.2) is 0 Å². The highest BCUT2D eigenvalue weighted by atomic mass is 14.0. The molecule has 0 heterocycles. The molecule has 2 aromatic carbocycles. The summed E-state index contributed by atoms with van der Waals surface area (Å²) < 4.78 is 0. The molecular formula is C21H32. The lowest BCUT2D eigenvalue weighted by Crippen LogP contribution is -1.83. The smallest absolute Gasteiger partial charge is 0.0219 e. The number of allylic oxidation sites excluding steroid dienone is 2. The molecule has 0 spiro atoms. The van der Waals surface area contributed by atoms with Crippen molar-refractivity contribution in [3.05, 3.63) is 83.9 Å². The molecule has 0 amide bonds. The molecule has 0 aliphatic rings. The summed E-state index contributed by atoms with van der Waals surface area (Å²) >= 11 is 0. The van der Waals surface area contributed by atoms with Crippen molar-refractivity contribution in [1.29, 1.82) is 0 Å². The van der Waals surface area contributed by atoms with Gasteiger partial charge in [0.05, 0.1) is 0 Å². The first-order valence-electron chi connectivity index (χ1n) is 7.25. The van der Waals surface area contributed by atoms with Gasteiger partial charge in [-0.2, -0.15) is 0 Å². The molecule has 0 radical (unpaired) electrons. The van der Waals surface area contributed by atoms with Gasteiger partial charge in [-0.3, -0.25) is 0 Å². The van der Waals surface area contributed by atoms with Gasteiger partial charge in [0.1, 0.15) is 0 Å². The van der Waals surface area contributed by atoms with Gasteiger partial charge in [0, 0.05) is 0 Å². The lowest BCUT2D eigenvalue weighted by Gasteiger charge is -2.01. The molecule has 0 saturated carbocycles. The highest BCUT2D eigenvalue weighted by molar-refractivity contribution is 5.17. The zero-order chi connectivity index (χ0) is 15.2. The Balaban J connectivity index is 0. The highest BCUT2D eigenvalue weighted by Gasteiger charge is 1.93. The molecule has 116 valence electrons. The molecule has 2 aromatic rings. The lowest BCUT2D eigenvalue weighted by molar-refractivity contribution is 0.867. The minimum Gasteiger partial charge on any atom is -0.0919 e. The van der Waals surface area contributed by atoms with Crippen molar-refractivity contribution in [2.24, 2.45) is 0 Å². The van der Waals surface area contributed by atoms with Crippen LogP contribution < -0.4 is 0 Å². The number of hydrogen-bond donors (Lipinski definition) is 0. The summed E-state index contributed by atoms with van der Waals surface area (Å²) in [7, 11) is 0. The third kappa shape index (κ3) is 12.9. The second-order valence-corrected chi connectivity index (χ2v) is 4.89. The van der Waals surface area contributed by atoms with Crippen LogP contribution in [0.5, 0.6) is 0 Å². The van der Waals surface area contributed by atoms with E-state index in [0.717, 1.165) is 0 Å². The van der Waals surface area contributed by atoms with Gasteiger partial charge in [-0.1, -0.05) is 99.7 Å². The highest BCUT2D eigenvalue weighted by Crippen LogP contribution is 2.11. The molecule has 0 atom stereocenters. The molecule has 0 aliphatic heterocycles. The Labute approximate surface area is 132 Å². The molecule has 0 fully saturated rings. The van der Waals surface area contributed by atoms with Crippen LogP contribution in [0.15, 0.2) is 72.8 Å². The number of aryl methyl sites for hydroxylation is 1. The molecule has 0 heteroatoms. The zero-order valence-corrected chi connectivity index (χ0v) is 13.5. The van der Waals surface area contributed by atoms with E-state index in [1.807, 2.05) is 50.3 Å². The van der Waals surface area contributed by atoms with E-state index in [-0.39, 0.29) is 7.43 Å². The monoisotopic (exact) mass is 284 g/mol. The fraction of sp³-hybridized carbons (Fsp3) is 0.333. The first kappa shape index (κ1) is 21.5.